The summed E-state index contributed by atoms with van der Waals surface area (Å²) in [6.45, 7) is 0. The molecular formula is C14H15ClN2OS. The van der Waals surface area contributed by atoms with E-state index in [4.69, 9.17) is 16.3 Å². The second-order valence-electron chi connectivity index (χ2n) is 3.97. The largest absolute Gasteiger partial charge is 0.481 e. The molecule has 2 rings (SSSR count). The summed E-state index contributed by atoms with van der Waals surface area (Å²) >= 11 is 8.21. The van der Waals surface area contributed by atoms with Gasteiger partial charge in [0, 0.05) is 23.1 Å². The fourth-order valence-corrected chi connectivity index (χ4v) is 2.89. The quantitative estimate of drug-likeness (QED) is 0.622. The SMILES string of the molecule is COc1cc(CC(Cl)c2ccccc2SC)ncn1. The Hall–Kier alpha value is -1.26. The van der Waals surface area contributed by atoms with Crippen molar-refractivity contribution in [3.05, 3.63) is 47.9 Å². The van der Waals surface area contributed by atoms with Gasteiger partial charge >= 0.3 is 0 Å². The van der Waals surface area contributed by atoms with Crippen LogP contribution in [0.15, 0.2) is 41.6 Å². The molecule has 1 aromatic carbocycles. The zero-order chi connectivity index (χ0) is 13.7. The van der Waals surface area contributed by atoms with Gasteiger partial charge in [0.25, 0.3) is 0 Å². The first-order valence-corrected chi connectivity index (χ1v) is 7.52. The van der Waals surface area contributed by atoms with Crippen LogP contribution in [0.4, 0.5) is 0 Å². The fourth-order valence-electron chi connectivity index (χ4n) is 1.82. The third-order valence-electron chi connectivity index (χ3n) is 2.77. The number of hydrogen-bond donors (Lipinski definition) is 0. The lowest BCUT2D eigenvalue weighted by molar-refractivity contribution is 0.396. The molecule has 0 saturated carbocycles. The molecule has 5 heteroatoms. The average Bonchev–Trinajstić information content (AvgIpc) is 2.47. The van der Waals surface area contributed by atoms with Crippen molar-refractivity contribution in [3.8, 4) is 5.88 Å². The zero-order valence-corrected chi connectivity index (χ0v) is 12.4. The standard InChI is InChI=1S/C14H15ClN2OS/c1-18-14-8-10(16-9-17-14)7-12(15)11-5-3-4-6-13(11)19-2/h3-6,8-9,12H,7H2,1-2H3. The number of hydrogen-bond acceptors (Lipinski definition) is 4. The molecule has 0 spiro atoms. The van der Waals surface area contributed by atoms with Crippen molar-refractivity contribution in [1.82, 2.24) is 9.97 Å². The highest BCUT2D eigenvalue weighted by Crippen LogP contribution is 2.32. The third-order valence-corrected chi connectivity index (χ3v) is 3.97. The van der Waals surface area contributed by atoms with Crippen molar-refractivity contribution in [3.63, 3.8) is 0 Å². The number of methoxy groups -OCH3 is 1. The number of halogens is 1. The molecule has 1 atom stereocenters. The Bertz CT molecular complexity index is 550. The number of ether oxygens (including phenoxy) is 1. The van der Waals surface area contributed by atoms with Crippen molar-refractivity contribution in [2.45, 2.75) is 16.7 Å². The minimum Gasteiger partial charge on any atom is -0.481 e. The number of alkyl halides is 1. The van der Waals surface area contributed by atoms with E-state index < -0.39 is 0 Å². The lowest BCUT2D eigenvalue weighted by Crippen LogP contribution is -2.01. The van der Waals surface area contributed by atoms with Crippen LogP contribution in [-0.2, 0) is 6.42 Å². The lowest BCUT2D eigenvalue weighted by atomic mass is 10.1. The summed E-state index contributed by atoms with van der Waals surface area (Å²) < 4.78 is 5.09. The molecule has 0 bridgehead atoms. The van der Waals surface area contributed by atoms with E-state index >= 15 is 0 Å². The van der Waals surface area contributed by atoms with Crippen LogP contribution in [0, 0.1) is 0 Å². The van der Waals surface area contributed by atoms with Gasteiger partial charge in [-0.15, -0.1) is 23.4 Å². The van der Waals surface area contributed by atoms with Gasteiger partial charge in [-0.2, -0.15) is 0 Å². The van der Waals surface area contributed by atoms with E-state index in [0.717, 1.165) is 11.3 Å². The van der Waals surface area contributed by atoms with Crippen LogP contribution in [0.3, 0.4) is 0 Å². The van der Waals surface area contributed by atoms with Crippen molar-refractivity contribution in [2.75, 3.05) is 13.4 Å². The summed E-state index contributed by atoms with van der Waals surface area (Å²) in [5.41, 5.74) is 2.01. The molecule has 1 unspecified atom stereocenters. The fraction of sp³-hybridized carbons (Fsp3) is 0.286. The molecule has 1 aromatic heterocycles. The van der Waals surface area contributed by atoms with Crippen molar-refractivity contribution in [2.24, 2.45) is 0 Å². The van der Waals surface area contributed by atoms with Crippen LogP contribution >= 0.6 is 23.4 Å². The molecule has 0 radical (unpaired) electrons. The molecule has 0 fully saturated rings. The summed E-state index contributed by atoms with van der Waals surface area (Å²) in [6.07, 6.45) is 4.20. The minimum atomic E-state index is -0.108. The first kappa shape index (κ1) is 14.2. The highest BCUT2D eigenvalue weighted by molar-refractivity contribution is 7.98. The molecule has 0 aliphatic carbocycles. The van der Waals surface area contributed by atoms with E-state index in [1.807, 2.05) is 18.2 Å². The molecule has 0 N–H and O–H groups in total. The summed E-state index contributed by atoms with van der Waals surface area (Å²) in [4.78, 5) is 9.41. The van der Waals surface area contributed by atoms with Crippen LogP contribution < -0.4 is 4.74 Å². The van der Waals surface area contributed by atoms with E-state index in [1.54, 1.807) is 18.9 Å². The maximum atomic E-state index is 6.51. The Morgan fingerprint density at radius 2 is 2.11 bits per heavy atom. The molecule has 100 valence electrons. The van der Waals surface area contributed by atoms with Crippen LogP contribution in [0.25, 0.3) is 0 Å². The number of aromatic nitrogens is 2. The van der Waals surface area contributed by atoms with Gasteiger partial charge in [0.05, 0.1) is 12.5 Å². The van der Waals surface area contributed by atoms with Crippen molar-refractivity contribution < 1.29 is 4.74 Å². The minimum absolute atomic E-state index is 0.108. The summed E-state index contributed by atoms with van der Waals surface area (Å²) in [5, 5.41) is -0.108. The zero-order valence-electron chi connectivity index (χ0n) is 10.8. The smallest absolute Gasteiger partial charge is 0.216 e. The van der Waals surface area contributed by atoms with Crippen LogP contribution in [0.2, 0.25) is 0 Å². The van der Waals surface area contributed by atoms with E-state index in [-0.39, 0.29) is 5.38 Å². The maximum absolute atomic E-state index is 6.51. The Labute approximate surface area is 122 Å². The van der Waals surface area contributed by atoms with Crippen molar-refractivity contribution in [1.29, 1.82) is 0 Å². The maximum Gasteiger partial charge on any atom is 0.216 e. The van der Waals surface area contributed by atoms with E-state index in [0.29, 0.717) is 12.3 Å². The Balaban J connectivity index is 2.18. The van der Waals surface area contributed by atoms with E-state index in [9.17, 15) is 0 Å². The topological polar surface area (TPSA) is 35.0 Å². The molecule has 0 aliphatic rings. The van der Waals surface area contributed by atoms with Crippen LogP contribution in [-0.4, -0.2) is 23.3 Å². The van der Waals surface area contributed by atoms with Gasteiger partial charge in [-0.3, -0.25) is 0 Å². The van der Waals surface area contributed by atoms with E-state index in [1.165, 1.54) is 11.2 Å². The normalized spacial score (nSPS) is 12.2. The monoisotopic (exact) mass is 294 g/mol. The van der Waals surface area contributed by atoms with Gasteiger partial charge < -0.3 is 4.74 Å². The number of thioether (sulfide) groups is 1. The summed E-state index contributed by atoms with van der Waals surface area (Å²) in [5.74, 6) is 0.562. The second kappa shape index (κ2) is 6.78. The molecule has 0 aliphatic heterocycles. The van der Waals surface area contributed by atoms with Crippen LogP contribution in [0.5, 0.6) is 5.88 Å². The Kier molecular flexibility index (Phi) is 5.05. The average molecular weight is 295 g/mol. The predicted molar refractivity (Wildman–Crippen MR) is 79.1 cm³/mol. The van der Waals surface area contributed by atoms with Gasteiger partial charge in [-0.25, -0.2) is 9.97 Å². The Morgan fingerprint density at radius 3 is 2.84 bits per heavy atom. The third kappa shape index (κ3) is 3.61. The molecule has 3 nitrogen and oxygen atoms in total. The molecule has 0 amide bonds. The predicted octanol–water partition coefficient (Wildman–Crippen LogP) is 3.73. The molecule has 0 saturated heterocycles. The number of rotatable bonds is 5. The van der Waals surface area contributed by atoms with Gasteiger partial charge in [0.1, 0.15) is 6.33 Å². The molecular weight excluding hydrogens is 280 g/mol. The lowest BCUT2D eigenvalue weighted by Gasteiger charge is -2.13. The van der Waals surface area contributed by atoms with Gasteiger partial charge in [-0.1, -0.05) is 18.2 Å². The number of nitrogens with zero attached hydrogens (tertiary/aromatic N) is 2. The number of benzene rings is 1. The molecule has 1 heterocycles. The van der Waals surface area contributed by atoms with Crippen LogP contribution in [0.1, 0.15) is 16.6 Å². The van der Waals surface area contributed by atoms with Gasteiger partial charge in [0.2, 0.25) is 5.88 Å². The molecule has 19 heavy (non-hydrogen) atoms. The Morgan fingerprint density at radius 1 is 1.32 bits per heavy atom. The summed E-state index contributed by atoms with van der Waals surface area (Å²) in [7, 11) is 1.59. The highest BCUT2D eigenvalue weighted by Gasteiger charge is 2.14. The molecule has 2 aromatic rings. The van der Waals surface area contributed by atoms with Gasteiger partial charge in [-0.05, 0) is 17.9 Å². The first-order chi connectivity index (χ1) is 9.24. The highest BCUT2D eigenvalue weighted by atomic mass is 35.5. The summed E-state index contributed by atoms with van der Waals surface area (Å²) in [6, 6.07) is 9.98. The van der Waals surface area contributed by atoms with E-state index in [2.05, 4.69) is 28.4 Å². The van der Waals surface area contributed by atoms with Crippen molar-refractivity contribution >= 4 is 23.4 Å². The van der Waals surface area contributed by atoms with Gasteiger partial charge in [0.15, 0.2) is 0 Å². The second-order valence-corrected chi connectivity index (χ2v) is 5.34. The first-order valence-electron chi connectivity index (χ1n) is 5.86.